The first-order chi connectivity index (χ1) is 14.2. The van der Waals surface area contributed by atoms with Gasteiger partial charge in [-0.25, -0.2) is 4.98 Å². The quantitative estimate of drug-likeness (QED) is 0.620. The molecule has 6 nitrogen and oxygen atoms in total. The van der Waals surface area contributed by atoms with Crippen LogP contribution in [-0.2, 0) is 4.74 Å². The molecular weight excluding hydrogens is 386 g/mol. The Morgan fingerprint density at radius 2 is 1.97 bits per heavy atom. The molecule has 2 aromatic carbocycles. The maximum atomic E-state index is 13.4. The molecule has 1 fully saturated rings. The number of ether oxygens (including phenoxy) is 2. The van der Waals surface area contributed by atoms with Gasteiger partial charge in [-0.05, 0) is 30.7 Å². The molecule has 2 heterocycles. The third kappa shape index (κ3) is 4.27. The summed E-state index contributed by atoms with van der Waals surface area (Å²) in [5.41, 5.74) is 2.60. The van der Waals surface area contributed by atoms with Crippen molar-refractivity contribution in [2.45, 2.75) is 6.92 Å². The first-order valence-electron chi connectivity index (χ1n) is 9.78. The molecule has 29 heavy (non-hydrogen) atoms. The number of anilines is 1. The van der Waals surface area contributed by atoms with E-state index < -0.39 is 0 Å². The van der Waals surface area contributed by atoms with Crippen LogP contribution < -0.4 is 9.64 Å². The van der Waals surface area contributed by atoms with E-state index in [1.54, 1.807) is 23.3 Å². The molecule has 1 saturated heterocycles. The lowest BCUT2D eigenvalue weighted by Crippen LogP contribution is -2.43. The SMILES string of the molecule is COc1ccc(C)c2sc(N(CCN3CCOCC3)C(=O)c3ccccc3)nc12. The molecule has 152 valence electrons. The summed E-state index contributed by atoms with van der Waals surface area (Å²) in [6, 6.07) is 13.4. The third-order valence-electron chi connectivity index (χ3n) is 5.15. The van der Waals surface area contributed by atoms with Gasteiger partial charge in [0, 0.05) is 31.7 Å². The van der Waals surface area contributed by atoms with Gasteiger partial charge in [-0.3, -0.25) is 14.6 Å². The number of carbonyl (C=O) groups is 1. The highest BCUT2D eigenvalue weighted by Gasteiger charge is 2.24. The minimum atomic E-state index is -0.0328. The van der Waals surface area contributed by atoms with Crippen LogP contribution in [0.1, 0.15) is 15.9 Å². The van der Waals surface area contributed by atoms with Gasteiger partial charge in [-0.2, -0.15) is 0 Å². The second kappa shape index (κ2) is 8.90. The molecule has 1 amide bonds. The summed E-state index contributed by atoms with van der Waals surface area (Å²) in [5, 5.41) is 0.703. The van der Waals surface area contributed by atoms with E-state index in [9.17, 15) is 4.79 Å². The predicted molar refractivity (Wildman–Crippen MR) is 116 cm³/mol. The fourth-order valence-corrected chi connectivity index (χ4v) is 4.54. The average molecular weight is 412 g/mol. The van der Waals surface area contributed by atoms with Crippen molar-refractivity contribution in [2.75, 3.05) is 51.4 Å². The van der Waals surface area contributed by atoms with Crippen molar-refractivity contribution in [2.24, 2.45) is 0 Å². The molecular formula is C22H25N3O3S. The van der Waals surface area contributed by atoms with Crippen molar-refractivity contribution in [1.82, 2.24) is 9.88 Å². The number of nitrogens with zero attached hydrogens (tertiary/aromatic N) is 3. The number of hydrogen-bond acceptors (Lipinski definition) is 6. The molecule has 4 rings (SSSR count). The lowest BCUT2D eigenvalue weighted by Gasteiger charge is -2.29. The van der Waals surface area contributed by atoms with Crippen molar-refractivity contribution in [3.8, 4) is 5.75 Å². The van der Waals surface area contributed by atoms with E-state index in [0.717, 1.165) is 54.4 Å². The van der Waals surface area contributed by atoms with Crippen LogP contribution in [0.15, 0.2) is 42.5 Å². The summed E-state index contributed by atoms with van der Waals surface area (Å²) in [4.78, 5) is 22.3. The number of methoxy groups -OCH3 is 1. The van der Waals surface area contributed by atoms with Gasteiger partial charge in [0.1, 0.15) is 11.3 Å². The van der Waals surface area contributed by atoms with Crippen molar-refractivity contribution >= 4 is 32.6 Å². The third-order valence-corrected chi connectivity index (χ3v) is 6.37. The molecule has 0 saturated carbocycles. The molecule has 7 heteroatoms. The van der Waals surface area contributed by atoms with Gasteiger partial charge >= 0.3 is 0 Å². The molecule has 0 aliphatic carbocycles. The number of rotatable bonds is 6. The van der Waals surface area contributed by atoms with Crippen LogP contribution in [0, 0.1) is 6.92 Å². The van der Waals surface area contributed by atoms with Crippen LogP contribution in [0.25, 0.3) is 10.2 Å². The van der Waals surface area contributed by atoms with Gasteiger partial charge in [0.25, 0.3) is 5.91 Å². The average Bonchev–Trinajstić information content (AvgIpc) is 3.21. The number of hydrogen-bond donors (Lipinski definition) is 0. The molecule has 1 aliphatic rings. The van der Waals surface area contributed by atoms with Crippen molar-refractivity contribution < 1.29 is 14.3 Å². The van der Waals surface area contributed by atoms with Crippen molar-refractivity contribution in [1.29, 1.82) is 0 Å². The van der Waals surface area contributed by atoms with E-state index in [4.69, 9.17) is 14.5 Å². The molecule has 3 aromatic rings. The van der Waals surface area contributed by atoms with Gasteiger partial charge in [-0.1, -0.05) is 35.6 Å². The monoisotopic (exact) mass is 411 g/mol. The number of morpholine rings is 1. The number of aryl methyl sites for hydroxylation is 1. The number of benzene rings is 2. The Bertz CT molecular complexity index is 984. The number of amides is 1. The summed E-state index contributed by atoms with van der Waals surface area (Å²) in [7, 11) is 1.65. The molecule has 1 aliphatic heterocycles. The minimum absolute atomic E-state index is 0.0328. The van der Waals surface area contributed by atoms with Gasteiger partial charge in [0.05, 0.1) is 25.0 Å². The smallest absolute Gasteiger partial charge is 0.260 e. The second-order valence-electron chi connectivity index (χ2n) is 7.04. The standard InChI is InChI=1S/C22H25N3O3S/c1-16-8-9-18(27-2)19-20(16)29-22(23-19)25(11-10-24-12-14-28-15-13-24)21(26)17-6-4-3-5-7-17/h3-9H,10-15H2,1-2H3. The Hall–Kier alpha value is -2.48. The normalized spacial score (nSPS) is 14.8. The van der Waals surface area contributed by atoms with E-state index in [0.29, 0.717) is 17.2 Å². The molecule has 0 spiro atoms. The number of fused-ring (bicyclic) bond motifs is 1. The summed E-state index contributed by atoms with van der Waals surface area (Å²) in [6.07, 6.45) is 0. The molecule has 0 N–H and O–H groups in total. The summed E-state index contributed by atoms with van der Waals surface area (Å²) in [5.74, 6) is 0.697. The van der Waals surface area contributed by atoms with E-state index in [1.165, 1.54) is 0 Å². The van der Waals surface area contributed by atoms with Crippen molar-refractivity contribution in [3.63, 3.8) is 0 Å². The van der Waals surface area contributed by atoms with Crippen LogP contribution in [0.3, 0.4) is 0 Å². The maximum absolute atomic E-state index is 13.4. The number of thiazole rings is 1. The maximum Gasteiger partial charge on any atom is 0.260 e. The molecule has 0 bridgehead atoms. The zero-order chi connectivity index (χ0) is 20.2. The number of aromatic nitrogens is 1. The summed E-state index contributed by atoms with van der Waals surface area (Å²) < 4.78 is 12.0. The van der Waals surface area contributed by atoms with Gasteiger partial charge in [0.2, 0.25) is 0 Å². The Balaban J connectivity index is 1.68. The van der Waals surface area contributed by atoms with E-state index >= 15 is 0 Å². The highest BCUT2D eigenvalue weighted by molar-refractivity contribution is 7.22. The fourth-order valence-electron chi connectivity index (χ4n) is 3.47. The Morgan fingerprint density at radius 1 is 1.21 bits per heavy atom. The lowest BCUT2D eigenvalue weighted by molar-refractivity contribution is 0.0391. The highest BCUT2D eigenvalue weighted by Crippen LogP contribution is 2.36. The predicted octanol–water partition coefficient (Wildman–Crippen LogP) is 3.59. The van der Waals surface area contributed by atoms with E-state index in [2.05, 4.69) is 11.8 Å². The van der Waals surface area contributed by atoms with Crippen LogP contribution in [0.5, 0.6) is 5.75 Å². The van der Waals surface area contributed by atoms with Crippen molar-refractivity contribution in [3.05, 3.63) is 53.6 Å². The molecule has 0 radical (unpaired) electrons. The zero-order valence-electron chi connectivity index (χ0n) is 16.8. The van der Waals surface area contributed by atoms with E-state index in [1.807, 2.05) is 42.5 Å². The summed E-state index contributed by atoms with van der Waals surface area (Å²) in [6.45, 7) is 6.68. The Kier molecular flexibility index (Phi) is 6.08. The second-order valence-corrected chi connectivity index (χ2v) is 8.01. The lowest BCUT2D eigenvalue weighted by atomic mass is 10.2. The Morgan fingerprint density at radius 3 is 2.69 bits per heavy atom. The zero-order valence-corrected chi connectivity index (χ0v) is 17.6. The van der Waals surface area contributed by atoms with Crippen LogP contribution >= 0.6 is 11.3 Å². The largest absolute Gasteiger partial charge is 0.494 e. The number of carbonyl (C=O) groups excluding carboxylic acids is 1. The highest BCUT2D eigenvalue weighted by atomic mass is 32.1. The summed E-state index contributed by atoms with van der Waals surface area (Å²) >= 11 is 1.54. The van der Waals surface area contributed by atoms with Gasteiger partial charge in [-0.15, -0.1) is 0 Å². The Labute approximate surface area is 174 Å². The van der Waals surface area contributed by atoms with Crippen LogP contribution in [-0.4, -0.2) is 62.3 Å². The molecule has 0 atom stereocenters. The van der Waals surface area contributed by atoms with Gasteiger partial charge in [0.15, 0.2) is 5.13 Å². The van der Waals surface area contributed by atoms with Gasteiger partial charge < -0.3 is 9.47 Å². The molecule has 0 unspecified atom stereocenters. The molecule has 1 aromatic heterocycles. The van der Waals surface area contributed by atoms with E-state index in [-0.39, 0.29) is 5.91 Å². The first kappa shape index (κ1) is 19.8. The fraction of sp³-hybridized carbons (Fsp3) is 0.364. The first-order valence-corrected chi connectivity index (χ1v) is 10.6. The van der Waals surface area contributed by atoms with Crippen LogP contribution in [0.4, 0.5) is 5.13 Å². The minimum Gasteiger partial charge on any atom is -0.494 e. The topological polar surface area (TPSA) is 54.9 Å². The van der Waals surface area contributed by atoms with Crippen LogP contribution in [0.2, 0.25) is 0 Å².